The Kier molecular flexibility index (Phi) is 6.01. The summed E-state index contributed by atoms with van der Waals surface area (Å²) >= 11 is 3.41. The molecule has 1 amide bonds. The van der Waals surface area contributed by atoms with Crippen LogP contribution in [0.1, 0.15) is 25.7 Å². The largest absolute Gasteiger partial charge is 0.330 e. The maximum absolute atomic E-state index is 12.1. The predicted molar refractivity (Wildman–Crippen MR) is 85.7 cm³/mol. The Labute approximate surface area is 128 Å². The van der Waals surface area contributed by atoms with Gasteiger partial charge in [-0.05, 0) is 50.6 Å². The fourth-order valence-electron chi connectivity index (χ4n) is 2.74. The van der Waals surface area contributed by atoms with Crippen molar-refractivity contribution in [2.24, 2.45) is 5.73 Å². The molecule has 1 fully saturated rings. The van der Waals surface area contributed by atoms with Crippen LogP contribution in [0.15, 0.2) is 28.7 Å². The van der Waals surface area contributed by atoms with E-state index >= 15 is 0 Å². The molecule has 5 heteroatoms. The van der Waals surface area contributed by atoms with E-state index in [9.17, 15) is 4.79 Å². The van der Waals surface area contributed by atoms with E-state index in [4.69, 9.17) is 5.73 Å². The maximum atomic E-state index is 12.1. The lowest BCUT2D eigenvalue weighted by Crippen LogP contribution is -2.44. The molecule has 0 aromatic heterocycles. The van der Waals surface area contributed by atoms with Crippen molar-refractivity contribution < 1.29 is 4.79 Å². The van der Waals surface area contributed by atoms with Gasteiger partial charge in [0.15, 0.2) is 0 Å². The van der Waals surface area contributed by atoms with E-state index in [1.54, 1.807) is 0 Å². The fourth-order valence-corrected chi connectivity index (χ4v) is 3.14. The molecule has 20 heavy (non-hydrogen) atoms. The average molecular weight is 340 g/mol. The molecule has 4 nitrogen and oxygen atoms in total. The van der Waals surface area contributed by atoms with Crippen LogP contribution in [0, 0.1) is 0 Å². The molecule has 1 aromatic rings. The number of hydrogen-bond acceptors (Lipinski definition) is 3. The maximum Gasteiger partial charge on any atom is 0.238 e. The van der Waals surface area contributed by atoms with Crippen LogP contribution >= 0.6 is 15.9 Å². The third kappa shape index (κ3) is 4.58. The summed E-state index contributed by atoms with van der Waals surface area (Å²) in [5.41, 5.74) is 6.49. The van der Waals surface area contributed by atoms with Gasteiger partial charge in [0.1, 0.15) is 0 Å². The van der Waals surface area contributed by atoms with E-state index in [0.717, 1.165) is 29.5 Å². The van der Waals surface area contributed by atoms with Crippen molar-refractivity contribution in [1.29, 1.82) is 0 Å². The smallest absolute Gasteiger partial charge is 0.238 e. The Morgan fingerprint density at radius 3 is 3.05 bits per heavy atom. The van der Waals surface area contributed by atoms with Gasteiger partial charge in [-0.25, -0.2) is 0 Å². The van der Waals surface area contributed by atoms with Crippen molar-refractivity contribution in [1.82, 2.24) is 4.90 Å². The first-order chi connectivity index (χ1) is 9.69. The number of benzene rings is 1. The topological polar surface area (TPSA) is 58.4 Å². The summed E-state index contributed by atoms with van der Waals surface area (Å²) in [7, 11) is 0. The number of anilines is 1. The van der Waals surface area contributed by atoms with Gasteiger partial charge in [-0.15, -0.1) is 0 Å². The number of nitrogens with one attached hydrogen (secondary N) is 1. The van der Waals surface area contributed by atoms with Gasteiger partial charge in [-0.1, -0.05) is 28.4 Å². The number of nitrogens with two attached hydrogens (primary N) is 1. The van der Waals surface area contributed by atoms with Crippen LogP contribution in [0.4, 0.5) is 5.69 Å². The summed E-state index contributed by atoms with van der Waals surface area (Å²) in [4.78, 5) is 14.4. The molecule has 1 aliphatic heterocycles. The monoisotopic (exact) mass is 339 g/mol. The molecule has 110 valence electrons. The lowest BCUT2D eigenvalue weighted by atomic mass is 9.99. The molecular formula is C15H22BrN3O. The van der Waals surface area contributed by atoms with Gasteiger partial charge < -0.3 is 11.1 Å². The molecule has 1 heterocycles. The Morgan fingerprint density at radius 1 is 1.45 bits per heavy atom. The minimum absolute atomic E-state index is 0.0482. The van der Waals surface area contributed by atoms with Gasteiger partial charge in [-0.3, -0.25) is 9.69 Å². The van der Waals surface area contributed by atoms with Crippen LogP contribution in [-0.4, -0.2) is 36.5 Å². The number of carbonyl (C=O) groups excluding carboxylic acids is 1. The number of nitrogens with zero attached hydrogens (tertiary/aromatic N) is 1. The molecule has 0 spiro atoms. The third-order valence-electron chi connectivity index (χ3n) is 3.70. The van der Waals surface area contributed by atoms with Crippen molar-refractivity contribution >= 4 is 27.5 Å². The summed E-state index contributed by atoms with van der Waals surface area (Å²) in [6.45, 7) is 2.14. The van der Waals surface area contributed by atoms with Crippen molar-refractivity contribution in [3.8, 4) is 0 Å². The number of halogens is 1. The molecule has 3 N–H and O–H groups in total. The van der Waals surface area contributed by atoms with Crippen LogP contribution < -0.4 is 11.1 Å². The van der Waals surface area contributed by atoms with E-state index in [-0.39, 0.29) is 5.91 Å². The molecular weight excluding hydrogens is 318 g/mol. The Bertz CT molecular complexity index is 450. The van der Waals surface area contributed by atoms with Gasteiger partial charge in [0.05, 0.1) is 6.54 Å². The van der Waals surface area contributed by atoms with Crippen molar-refractivity contribution in [3.63, 3.8) is 0 Å². The molecule has 1 saturated heterocycles. The summed E-state index contributed by atoms with van der Waals surface area (Å²) in [6, 6.07) is 8.12. The molecule has 1 aromatic carbocycles. The van der Waals surface area contributed by atoms with E-state index in [0.29, 0.717) is 19.1 Å². The number of amides is 1. The van der Waals surface area contributed by atoms with E-state index in [2.05, 4.69) is 26.1 Å². The zero-order valence-corrected chi connectivity index (χ0v) is 13.2. The minimum Gasteiger partial charge on any atom is -0.330 e. The average Bonchev–Trinajstić information content (AvgIpc) is 2.41. The van der Waals surface area contributed by atoms with Gasteiger partial charge in [0.2, 0.25) is 5.91 Å². The second-order valence-corrected chi connectivity index (χ2v) is 6.17. The summed E-state index contributed by atoms with van der Waals surface area (Å²) in [5, 5.41) is 2.95. The number of hydrogen-bond donors (Lipinski definition) is 2. The van der Waals surface area contributed by atoms with E-state index in [1.807, 2.05) is 24.3 Å². The van der Waals surface area contributed by atoms with E-state index in [1.165, 1.54) is 12.8 Å². The molecule has 1 aliphatic rings. The highest BCUT2D eigenvalue weighted by Gasteiger charge is 2.23. The second-order valence-electron chi connectivity index (χ2n) is 5.26. The molecule has 1 atom stereocenters. The molecule has 0 saturated carbocycles. The Hall–Kier alpha value is -0.910. The Balaban J connectivity index is 1.89. The van der Waals surface area contributed by atoms with Gasteiger partial charge in [0, 0.05) is 16.2 Å². The highest BCUT2D eigenvalue weighted by molar-refractivity contribution is 9.10. The first-order valence-electron chi connectivity index (χ1n) is 7.18. The quantitative estimate of drug-likeness (QED) is 0.866. The number of carbonyl (C=O) groups is 1. The third-order valence-corrected chi connectivity index (χ3v) is 4.20. The highest BCUT2D eigenvalue weighted by Crippen LogP contribution is 2.19. The number of piperidine rings is 1. The summed E-state index contributed by atoms with van der Waals surface area (Å²) in [5.74, 6) is 0.0482. The predicted octanol–water partition coefficient (Wildman–Crippen LogP) is 2.59. The minimum atomic E-state index is 0.0482. The molecule has 2 rings (SSSR count). The van der Waals surface area contributed by atoms with Gasteiger partial charge in [0.25, 0.3) is 0 Å². The fraction of sp³-hybridized carbons (Fsp3) is 0.533. The zero-order valence-electron chi connectivity index (χ0n) is 11.6. The normalized spacial score (nSPS) is 19.8. The van der Waals surface area contributed by atoms with Crippen molar-refractivity contribution in [2.75, 3.05) is 25.0 Å². The summed E-state index contributed by atoms with van der Waals surface area (Å²) < 4.78 is 0.967. The standard InChI is InChI=1S/C15H22BrN3O/c16-12-4-3-5-13(10-12)18-15(20)11-19-9-2-1-6-14(19)7-8-17/h3-5,10,14H,1-2,6-9,11,17H2,(H,18,20). The molecule has 0 aliphatic carbocycles. The SMILES string of the molecule is NCCC1CCCCN1CC(=O)Nc1cccc(Br)c1. The number of rotatable bonds is 5. The first-order valence-corrected chi connectivity index (χ1v) is 7.98. The van der Waals surface area contributed by atoms with E-state index < -0.39 is 0 Å². The molecule has 1 unspecified atom stereocenters. The lowest BCUT2D eigenvalue weighted by Gasteiger charge is -2.35. The highest BCUT2D eigenvalue weighted by atomic mass is 79.9. The Morgan fingerprint density at radius 2 is 2.30 bits per heavy atom. The second kappa shape index (κ2) is 7.76. The van der Waals surface area contributed by atoms with Crippen LogP contribution in [0.3, 0.4) is 0 Å². The van der Waals surface area contributed by atoms with Crippen LogP contribution in [-0.2, 0) is 4.79 Å². The van der Waals surface area contributed by atoms with Crippen LogP contribution in [0.25, 0.3) is 0 Å². The lowest BCUT2D eigenvalue weighted by molar-refractivity contribution is -0.118. The first kappa shape index (κ1) is 15.5. The van der Waals surface area contributed by atoms with Gasteiger partial charge in [-0.2, -0.15) is 0 Å². The molecule has 0 bridgehead atoms. The zero-order chi connectivity index (χ0) is 14.4. The van der Waals surface area contributed by atoms with Crippen molar-refractivity contribution in [3.05, 3.63) is 28.7 Å². The number of likely N-dealkylation sites (tertiary alicyclic amines) is 1. The van der Waals surface area contributed by atoms with Crippen LogP contribution in [0.5, 0.6) is 0 Å². The van der Waals surface area contributed by atoms with Gasteiger partial charge >= 0.3 is 0 Å². The van der Waals surface area contributed by atoms with Crippen molar-refractivity contribution in [2.45, 2.75) is 31.7 Å². The molecule has 0 radical (unpaired) electrons. The van der Waals surface area contributed by atoms with Crippen LogP contribution in [0.2, 0.25) is 0 Å². The summed E-state index contributed by atoms with van der Waals surface area (Å²) in [6.07, 6.45) is 4.55.